The van der Waals surface area contributed by atoms with Crippen LogP contribution in [0.2, 0.25) is 0 Å². The highest BCUT2D eigenvalue weighted by Crippen LogP contribution is 2.52. The van der Waals surface area contributed by atoms with Crippen molar-refractivity contribution in [1.82, 2.24) is 19.1 Å². The predicted octanol–water partition coefficient (Wildman–Crippen LogP) is 6.08. The van der Waals surface area contributed by atoms with Gasteiger partial charge in [0.05, 0.1) is 47.7 Å². The van der Waals surface area contributed by atoms with E-state index in [1.54, 1.807) is 72.8 Å². The van der Waals surface area contributed by atoms with E-state index in [9.17, 15) is 43.2 Å². The Bertz CT molecular complexity index is 3710. The van der Waals surface area contributed by atoms with Gasteiger partial charge in [0.1, 0.15) is 36.5 Å². The van der Waals surface area contributed by atoms with Crippen molar-refractivity contribution in [3.05, 3.63) is 240 Å². The van der Waals surface area contributed by atoms with Crippen LogP contribution in [0.1, 0.15) is 89.9 Å². The van der Waals surface area contributed by atoms with Gasteiger partial charge in [0.2, 0.25) is 12.4 Å². The number of nitrogens with zero attached hydrogens (tertiary/aromatic N) is 2. The Labute approximate surface area is 481 Å². The number of rotatable bonds is 21. The smallest absolute Gasteiger partial charge is 0.459 e. The Morgan fingerprint density at radius 3 is 1.35 bits per heavy atom. The number of phosphoric ester groups is 1. The lowest BCUT2D eigenvalue weighted by Crippen LogP contribution is -2.63. The highest BCUT2D eigenvalue weighted by molar-refractivity contribution is 7.48. The first-order valence-electron chi connectivity index (χ1n) is 26.7. The molecule has 9 atom stereocenters. The zero-order chi connectivity index (χ0) is 59.5. The number of para-hydroxylation sites is 1. The van der Waals surface area contributed by atoms with E-state index in [-0.39, 0.29) is 47.9 Å². The molecule has 3 aliphatic rings. The van der Waals surface area contributed by atoms with E-state index in [2.05, 4.69) is 9.97 Å². The molecule has 3 aliphatic heterocycles. The van der Waals surface area contributed by atoms with Crippen LogP contribution in [-0.4, -0.2) is 112 Å². The molecule has 5 aromatic carbocycles. The van der Waals surface area contributed by atoms with Crippen LogP contribution < -0.4 is 27.0 Å². The summed E-state index contributed by atoms with van der Waals surface area (Å²) in [6.45, 7) is -1.69. The molecule has 0 spiro atoms. The molecule has 0 radical (unpaired) electrons. The molecule has 5 heterocycles. The van der Waals surface area contributed by atoms with Gasteiger partial charge in [0, 0.05) is 24.5 Å². The summed E-state index contributed by atoms with van der Waals surface area (Å²) in [5.74, 6) is -5.64. The SMILES string of the molecule is O=C(OC[C@H]1OC(OC(=O)c2ccccc2OP(=O)(OC[C@@H]2CC[C@H](n3ccc(=O)[nH]c3=O)O2)OC[C@@H]2CC[C@H](n3ccc(=O)[nH]c3=O)O2)[C@H](OC(=O)c2ccccc2)[C@@H](OC(=O)c2ccccc2)[C@@H]1OC(=O)c1ccccc1)c1ccccc1. The molecule has 10 rings (SSSR count). The minimum atomic E-state index is -4.95. The molecule has 85 heavy (non-hydrogen) atoms. The normalized spacial score (nSPS) is 21.9. The maximum atomic E-state index is 15.1. The van der Waals surface area contributed by atoms with Crippen molar-refractivity contribution in [2.75, 3.05) is 19.8 Å². The molecule has 3 fully saturated rings. The van der Waals surface area contributed by atoms with E-state index in [1.807, 2.05) is 0 Å². The number of H-pyrrole nitrogens is 2. The molecule has 26 heteroatoms. The Hall–Kier alpha value is -9.36. The molecule has 1 unspecified atom stereocenters. The summed E-state index contributed by atoms with van der Waals surface area (Å²) < 4.78 is 83.9. The predicted molar refractivity (Wildman–Crippen MR) is 293 cm³/mol. The number of esters is 5. The van der Waals surface area contributed by atoms with Crippen LogP contribution in [0, 0.1) is 0 Å². The molecule has 0 bridgehead atoms. The standard InChI is InChI=1S/C59H53N4O21P/c64-45-29-31-62(58(71)60-45)47-27-25-40(77-47)33-75-85(73,76-34-41-26-28-48(78-41)63-32-30-46(65)61-59(63)72)84-43-24-14-13-23-42(43)56(70)83-57-51(82-55(69)39-21-11-4-12-22-39)50(81-54(68)38-19-9-3-10-20-38)49(80-53(67)37-17-7-2-8-18-37)44(79-57)35-74-52(66)36-15-5-1-6-16-36/h1-24,29-32,40-41,44,47-51,57H,25-28,33-35H2,(H,60,64,71)(H,61,65,72)/t40-,41-,44+,47+,48+,49+,50-,51+,57?/m0/s1. The zero-order valence-corrected chi connectivity index (χ0v) is 45.6. The van der Waals surface area contributed by atoms with Crippen LogP contribution >= 0.6 is 7.82 Å². The van der Waals surface area contributed by atoms with Gasteiger partial charge in [0.25, 0.3) is 11.1 Å². The molecule has 0 saturated carbocycles. The minimum absolute atomic E-state index is 0.00271. The average Bonchev–Trinajstić information content (AvgIpc) is 2.47. The minimum Gasteiger partial charge on any atom is -0.459 e. The number of carbonyl (C=O) groups is 5. The van der Waals surface area contributed by atoms with Crippen LogP contribution in [-0.2, 0) is 51.5 Å². The molecule has 440 valence electrons. The third kappa shape index (κ3) is 14.7. The Morgan fingerprint density at radius 2 is 0.882 bits per heavy atom. The molecule has 2 N–H and O–H groups in total. The van der Waals surface area contributed by atoms with E-state index in [4.69, 9.17) is 51.5 Å². The number of aromatic nitrogens is 4. The lowest BCUT2D eigenvalue weighted by atomic mass is 9.97. The average molecular weight is 1190 g/mol. The number of hydrogen-bond acceptors (Lipinski definition) is 21. The monoisotopic (exact) mass is 1180 g/mol. The molecule has 7 aromatic rings. The van der Waals surface area contributed by atoms with Crippen molar-refractivity contribution in [1.29, 1.82) is 0 Å². The third-order valence-corrected chi connectivity index (χ3v) is 15.0. The first kappa shape index (κ1) is 58.8. The van der Waals surface area contributed by atoms with Crippen molar-refractivity contribution >= 4 is 37.7 Å². The van der Waals surface area contributed by atoms with Crippen LogP contribution in [0.15, 0.2) is 189 Å². The van der Waals surface area contributed by atoms with Gasteiger partial charge in [-0.15, -0.1) is 0 Å². The number of benzene rings is 5. The number of carbonyl (C=O) groups excluding carboxylic acids is 5. The number of aromatic amines is 2. The Balaban J connectivity index is 0.969. The fourth-order valence-electron chi connectivity index (χ4n) is 9.40. The van der Waals surface area contributed by atoms with Crippen molar-refractivity contribution in [2.45, 2.75) is 81.1 Å². The summed E-state index contributed by atoms with van der Waals surface area (Å²) >= 11 is 0. The molecule has 25 nitrogen and oxygen atoms in total. The van der Waals surface area contributed by atoms with Gasteiger partial charge in [-0.25, -0.2) is 38.1 Å². The summed E-state index contributed by atoms with van der Waals surface area (Å²) in [7, 11) is -4.95. The number of phosphoric acid groups is 1. The van der Waals surface area contributed by atoms with Crippen LogP contribution in [0.3, 0.4) is 0 Å². The van der Waals surface area contributed by atoms with E-state index in [1.165, 1.54) is 94.3 Å². The van der Waals surface area contributed by atoms with Gasteiger partial charge < -0.3 is 42.4 Å². The molecule has 2 aromatic heterocycles. The van der Waals surface area contributed by atoms with E-state index >= 15 is 4.57 Å². The number of ether oxygens (including phenoxy) is 8. The number of nitrogens with one attached hydrogen (secondary N) is 2. The van der Waals surface area contributed by atoms with Gasteiger partial charge >= 0.3 is 49.0 Å². The van der Waals surface area contributed by atoms with Crippen molar-refractivity contribution in [2.24, 2.45) is 0 Å². The highest BCUT2D eigenvalue weighted by atomic mass is 31.2. The third-order valence-electron chi connectivity index (χ3n) is 13.6. The number of hydrogen-bond donors (Lipinski definition) is 2. The highest BCUT2D eigenvalue weighted by Gasteiger charge is 2.55. The topological polar surface area (TPSA) is 314 Å². The van der Waals surface area contributed by atoms with Crippen molar-refractivity contribution in [3.63, 3.8) is 0 Å². The van der Waals surface area contributed by atoms with Crippen molar-refractivity contribution in [3.8, 4) is 5.75 Å². The van der Waals surface area contributed by atoms with Crippen LogP contribution in [0.5, 0.6) is 5.75 Å². The van der Waals surface area contributed by atoms with Crippen molar-refractivity contribution < 1.29 is 80.0 Å². The van der Waals surface area contributed by atoms with Gasteiger partial charge in [-0.05, 0) is 86.3 Å². The summed E-state index contributed by atoms with van der Waals surface area (Å²) in [5, 5.41) is 0. The largest absolute Gasteiger partial charge is 0.530 e. The lowest BCUT2D eigenvalue weighted by molar-refractivity contribution is -0.282. The second-order valence-electron chi connectivity index (χ2n) is 19.4. The lowest BCUT2D eigenvalue weighted by Gasteiger charge is -2.43. The molecule has 3 saturated heterocycles. The second-order valence-corrected chi connectivity index (χ2v) is 21.0. The van der Waals surface area contributed by atoms with Crippen LogP contribution in [0.25, 0.3) is 0 Å². The van der Waals surface area contributed by atoms with Gasteiger partial charge in [-0.2, -0.15) is 0 Å². The van der Waals surface area contributed by atoms with Gasteiger partial charge in [-0.3, -0.25) is 37.7 Å². The summed E-state index contributed by atoms with van der Waals surface area (Å²) in [6.07, 6.45) is -9.22. The second kappa shape index (κ2) is 26.9. The first-order valence-corrected chi connectivity index (χ1v) is 28.1. The quantitative estimate of drug-likeness (QED) is 0.0468. The maximum Gasteiger partial charge on any atom is 0.530 e. The molecular formula is C59H53N4O21P. The Kier molecular flexibility index (Phi) is 18.6. The fraction of sp³-hybridized carbons (Fsp3) is 0.271. The van der Waals surface area contributed by atoms with E-state index in [0.29, 0.717) is 0 Å². The summed E-state index contributed by atoms with van der Waals surface area (Å²) in [6, 6.07) is 38.3. The van der Waals surface area contributed by atoms with E-state index in [0.717, 1.165) is 12.1 Å². The zero-order valence-electron chi connectivity index (χ0n) is 44.7. The Morgan fingerprint density at radius 1 is 0.459 bits per heavy atom. The first-order chi connectivity index (χ1) is 41.2. The fourth-order valence-corrected chi connectivity index (χ4v) is 10.7. The molecular weight excluding hydrogens is 1130 g/mol. The van der Waals surface area contributed by atoms with Gasteiger partial charge in [0.15, 0.2) is 12.2 Å². The summed E-state index contributed by atoms with van der Waals surface area (Å²) in [4.78, 5) is 124. The maximum absolute atomic E-state index is 15.1. The summed E-state index contributed by atoms with van der Waals surface area (Å²) in [5.41, 5.74) is -3.00. The molecule has 0 aliphatic carbocycles. The van der Waals surface area contributed by atoms with Gasteiger partial charge in [-0.1, -0.05) is 84.9 Å². The van der Waals surface area contributed by atoms with E-state index < -0.39 is 147 Å². The van der Waals surface area contributed by atoms with Crippen LogP contribution in [0.4, 0.5) is 0 Å². The molecule has 0 amide bonds.